The Balaban J connectivity index is 1.55. The van der Waals surface area contributed by atoms with Crippen molar-refractivity contribution in [1.82, 2.24) is 5.32 Å². The lowest BCUT2D eigenvalue weighted by Gasteiger charge is -2.29. The number of rotatable bonds is 5. The van der Waals surface area contributed by atoms with Crippen molar-refractivity contribution < 1.29 is 28.3 Å². The number of hydrogen-bond donors (Lipinski definition) is 1. The predicted octanol–water partition coefficient (Wildman–Crippen LogP) is 3.34. The molecule has 0 atom stereocenters. The SMILES string of the molecule is COc1ccc(N2C(=O)/C(=C\c3ccc(OC(=O)c4ccco4)cc3)C(=O)NC2=S)cc1. The van der Waals surface area contributed by atoms with E-state index >= 15 is 0 Å². The standard InChI is InChI=1S/C23H16N2O6S/c1-29-16-10-6-15(7-11-16)25-21(27)18(20(26)24-23(25)32)13-14-4-8-17(9-5-14)31-22(28)19-3-2-12-30-19/h2-13H,1H3,(H,24,26,32)/b18-13-. The number of carbonyl (C=O) groups excluding carboxylic acids is 3. The first-order valence-electron chi connectivity index (χ1n) is 9.37. The molecule has 0 spiro atoms. The van der Waals surface area contributed by atoms with Crippen LogP contribution in [0.5, 0.6) is 11.5 Å². The van der Waals surface area contributed by atoms with E-state index in [4.69, 9.17) is 26.1 Å². The Hall–Kier alpha value is -4.24. The van der Waals surface area contributed by atoms with Gasteiger partial charge in [-0.3, -0.25) is 19.8 Å². The minimum Gasteiger partial charge on any atom is -0.497 e. The molecule has 4 rings (SSSR count). The second-order valence-corrected chi connectivity index (χ2v) is 6.98. The van der Waals surface area contributed by atoms with Crippen molar-refractivity contribution in [3.8, 4) is 11.5 Å². The maximum Gasteiger partial charge on any atom is 0.379 e. The van der Waals surface area contributed by atoms with Crippen molar-refractivity contribution in [1.29, 1.82) is 0 Å². The number of ether oxygens (including phenoxy) is 2. The van der Waals surface area contributed by atoms with Gasteiger partial charge in [0.1, 0.15) is 17.1 Å². The van der Waals surface area contributed by atoms with E-state index in [-0.39, 0.29) is 22.2 Å². The summed E-state index contributed by atoms with van der Waals surface area (Å²) in [5.74, 6) is -0.803. The normalized spacial score (nSPS) is 15.0. The van der Waals surface area contributed by atoms with E-state index in [2.05, 4.69) is 5.32 Å². The molecule has 2 aromatic carbocycles. The summed E-state index contributed by atoms with van der Waals surface area (Å²) in [5.41, 5.74) is 0.963. The molecule has 0 aliphatic carbocycles. The van der Waals surface area contributed by atoms with E-state index in [1.807, 2.05) is 0 Å². The molecule has 1 N–H and O–H groups in total. The van der Waals surface area contributed by atoms with Crippen LogP contribution in [-0.4, -0.2) is 30.0 Å². The van der Waals surface area contributed by atoms with Crippen molar-refractivity contribution in [2.75, 3.05) is 12.0 Å². The average molecular weight is 448 g/mol. The quantitative estimate of drug-likeness (QED) is 0.210. The van der Waals surface area contributed by atoms with Gasteiger partial charge in [-0.15, -0.1) is 0 Å². The summed E-state index contributed by atoms with van der Waals surface area (Å²) in [5, 5.41) is 2.52. The van der Waals surface area contributed by atoms with Gasteiger partial charge in [-0.2, -0.15) is 0 Å². The van der Waals surface area contributed by atoms with Crippen molar-refractivity contribution in [2.24, 2.45) is 0 Å². The summed E-state index contributed by atoms with van der Waals surface area (Å²) >= 11 is 5.19. The number of furan rings is 1. The molecule has 1 saturated heterocycles. The Morgan fingerprint density at radius 1 is 1.03 bits per heavy atom. The van der Waals surface area contributed by atoms with Crippen LogP contribution in [-0.2, 0) is 9.59 Å². The topological polar surface area (TPSA) is 98.1 Å². The van der Waals surface area contributed by atoms with Gasteiger partial charge in [-0.1, -0.05) is 12.1 Å². The Labute approximate surface area is 188 Å². The molecule has 32 heavy (non-hydrogen) atoms. The maximum atomic E-state index is 13.0. The number of esters is 1. The first kappa shape index (κ1) is 21.0. The first-order chi connectivity index (χ1) is 15.5. The molecule has 3 aromatic rings. The predicted molar refractivity (Wildman–Crippen MR) is 119 cm³/mol. The van der Waals surface area contributed by atoms with E-state index in [1.165, 1.54) is 30.4 Å². The second kappa shape index (κ2) is 8.86. The molecular weight excluding hydrogens is 432 g/mol. The zero-order chi connectivity index (χ0) is 22.7. The van der Waals surface area contributed by atoms with Gasteiger partial charge in [0.05, 0.1) is 19.1 Å². The van der Waals surface area contributed by atoms with E-state index < -0.39 is 17.8 Å². The monoisotopic (exact) mass is 448 g/mol. The molecule has 0 unspecified atom stereocenters. The molecule has 0 bridgehead atoms. The molecule has 160 valence electrons. The van der Waals surface area contributed by atoms with E-state index in [1.54, 1.807) is 54.6 Å². The van der Waals surface area contributed by atoms with Crippen LogP contribution in [0.25, 0.3) is 6.08 Å². The highest BCUT2D eigenvalue weighted by molar-refractivity contribution is 7.80. The third-order valence-electron chi connectivity index (χ3n) is 4.56. The summed E-state index contributed by atoms with van der Waals surface area (Å²) in [4.78, 5) is 38.7. The van der Waals surface area contributed by atoms with Crippen LogP contribution in [0, 0.1) is 0 Å². The number of amides is 2. The van der Waals surface area contributed by atoms with Gasteiger partial charge in [-0.25, -0.2) is 4.79 Å². The average Bonchev–Trinajstić information content (AvgIpc) is 3.33. The number of nitrogens with one attached hydrogen (secondary N) is 1. The van der Waals surface area contributed by atoms with Gasteiger partial charge in [0, 0.05) is 0 Å². The fourth-order valence-electron chi connectivity index (χ4n) is 2.97. The molecule has 2 heterocycles. The van der Waals surface area contributed by atoms with Crippen LogP contribution in [0.15, 0.2) is 76.9 Å². The van der Waals surface area contributed by atoms with Crippen molar-refractivity contribution in [2.45, 2.75) is 0 Å². The molecule has 0 saturated carbocycles. The van der Waals surface area contributed by atoms with Crippen LogP contribution in [0.2, 0.25) is 0 Å². The summed E-state index contributed by atoms with van der Waals surface area (Å²) in [7, 11) is 1.54. The molecule has 8 nitrogen and oxygen atoms in total. The summed E-state index contributed by atoms with van der Waals surface area (Å²) in [6.45, 7) is 0. The minimum atomic E-state index is -0.633. The Kier molecular flexibility index (Phi) is 5.82. The summed E-state index contributed by atoms with van der Waals surface area (Å²) in [6.07, 6.45) is 2.81. The third kappa shape index (κ3) is 4.28. The van der Waals surface area contributed by atoms with Gasteiger partial charge >= 0.3 is 5.97 Å². The van der Waals surface area contributed by atoms with Crippen molar-refractivity contribution >= 4 is 46.9 Å². The van der Waals surface area contributed by atoms with Gasteiger partial charge in [-0.05, 0) is 72.4 Å². The first-order valence-corrected chi connectivity index (χ1v) is 9.78. The molecular formula is C23H16N2O6S. The van der Waals surface area contributed by atoms with Gasteiger partial charge < -0.3 is 13.9 Å². The highest BCUT2D eigenvalue weighted by atomic mass is 32.1. The lowest BCUT2D eigenvalue weighted by Crippen LogP contribution is -2.54. The van der Waals surface area contributed by atoms with Crippen molar-refractivity contribution in [3.63, 3.8) is 0 Å². The lowest BCUT2D eigenvalue weighted by molar-refractivity contribution is -0.122. The molecule has 1 aliphatic heterocycles. The van der Waals surface area contributed by atoms with E-state index in [0.29, 0.717) is 17.0 Å². The van der Waals surface area contributed by atoms with E-state index in [0.717, 1.165) is 0 Å². The number of nitrogens with zero attached hydrogens (tertiary/aromatic N) is 1. The van der Waals surface area contributed by atoms with Gasteiger partial charge in [0.15, 0.2) is 5.11 Å². The fraction of sp³-hybridized carbons (Fsp3) is 0.0435. The molecule has 1 aliphatic rings. The Morgan fingerprint density at radius 3 is 2.34 bits per heavy atom. The largest absolute Gasteiger partial charge is 0.497 e. The highest BCUT2D eigenvalue weighted by Gasteiger charge is 2.34. The maximum absolute atomic E-state index is 13.0. The molecule has 1 fully saturated rings. The summed E-state index contributed by atoms with van der Waals surface area (Å²) < 4.78 is 15.3. The zero-order valence-electron chi connectivity index (χ0n) is 16.7. The molecule has 1 aromatic heterocycles. The smallest absolute Gasteiger partial charge is 0.379 e. The number of benzene rings is 2. The summed E-state index contributed by atoms with van der Waals surface area (Å²) in [6, 6.07) is 16.1. The van der Waals surface area contributed by atoms with Crippen molar-refractivity contribution in [3.05, 3.63) is 83.8 Å². The molecule has 2 amide bonds. The zero-order valence-corrected chi connectivity index (χ0v) is 17.5. The number of hydrogen-bond acceptors (Lipinski definition) is 7. The Bertz CT molecular complexity index is 1210. The number of carbonyl (C=O) groups is 3. The number of methoxy groups -OCH3 is 1. The second-order valence-electron chi connectivity index (χ2n) is 6.59. The lowest BCUT2D eigenvalue weighted by atomic mass is 10.1. The minimum absolute atomic E-state index is 0.0116. The van der Waals surface area contributed by atoms with Crippen LogP contribution < -0.4 is 19.7 Å². The molecule has 0 radical (unpaired) electrons. The highest BCUT2D eigenvalue weighted by Crippen LogP contribution is 2.25. The Morgan fingerprint density at radius 2 is 1.72 bits per heavy atom. The number of anilines is 1. The molecule has 9 heteroatoms. The van der Waals surface area contributed by atoms with Crippen LogP contribution >= 0.6 is 12.2 Å². The van der Waals surface area contributed by atoms with Crippen LogP contribution in [0.4, 0.5) is 5.69 Å². The number of thiocarbonyl (C=S) groups is 1. The van der Waals surface area contributed by atoms with Crippen LogP contribution in [0.3, 0.4) is 0 Å². The van der Waals surface area contributed by atoms with Crippen LogP contribution in [0.1, 0.15) is 16.1 Å². The fourth-order valence-corrected chi connectivity index (χ4v) is 3.26. The van der Waals surface area contributed by atoms with E-state index in [9.17, 15) is 14.4 Å². The van der Waals surface area contributed by atoms with Gasteiger partial charge in [0.25, 0.3) is 11.8 Å². The third-order valence-corrected chi connectivity index (χ3v) is 4.84. The van der Waals surface area contributed by atoms with Gasteiger partial charge in [0.2, 0.25) is 5.76 Å².